The van der Waals surface area contributed by atoms with Crippen LogP contribution in [0.15, 0.2) is 91.0 Å². The normalized spacial score (nSPS) is 11.6. The molecule has 0 fully saturated rings. The van der Waals surface area contributed by atoms with Crippen LogP contribution in [0.4, 0.5) is 17.1 Å². The molecule has 4 rings (SSSR count). The van der Waals surface area contributed by atoms with Gasteiger partial charge in [-0.15, -0.1) is 24.0 Å². The molecule has 4 heteroatoms. The summed E-state index contributed by atoms with van der Waals surface area (Å²) in [5, 5.41) is 5.66. The highest BCUT2D eigenvalue weighted by atomic mass is 35.5. The lowest BCUT2D eigenvalue weighted by Gasteiger charge is -2.18. The maximum Gasteiger partial charge on any atom is 0.0841 e. The number of halogens is 2. The number of hydrogen-bond acceptors (Lipinski definition) is 2. The van der Waals surface area contributed by atoms with Crippen molar-refractivity contribution < 1.29 is 0 Å². The molecule has 148 valence electrons. The predicted octanol–water partition coefficient (Wildman–Crippen LogP) is 7.40. The number of alkyl halides is 1. The van der Waals surface area contributed by atoms with Crippen molar-refractivity contribution in [3.63, 3.8) is 0 Å². The molecule has 2 nitrogen and oxygen atoms in total. The summed E-state index contributed by atoms with van der Waals surface area (Å²) in [6.07, 6.45) is 0. The van der Waals surface area contributed by atoms with Crippen LogP contribution >= 0.6 is 24.0 Å². The molecule has 0 bridgehead atoms. The Morgan fingerprint density at radius 1 is 0.724 bits per heavy atom. The van der Waals surface area contributed by atoms with Gasteiger partial charge in [-0.2, -0.15) is 0 Å². The summed E-state index contributed by atoms with van der Waals surface area (Å²) in [4.78, 5) is 2.09. The summed E-state index contributed by atoms with van der Waals surface area (Å²) in [5.74, 6) is 0. The van der Waals surface area contributed by atoms with Gasteiger partial charge in [-0.3, -0.25) is 0 Å². The standard InChI is InChI=1S/C25H23ClN2.ClH/c1-28(2)20-14-12-18(13-15-20)25(26)23-16-17-24(22-11-7-6-10-21(22)23)27-19-8-4-3-5-9-19;/h3-17,25,27H,1-2H3;1H. The largest absolute Gasteiger partial charge is 0.378 e. The Hall–Kier alpha value is -2.68. The first kappa shape index (κ1) is 21.0. The molecule has 0 radical (unpaired) electrons. The van der Waals surface area contributed by atoms with E-state index in [2.05, 4.69) is 83.0 Å². The van der Waals surface area contributed by atoms with Crippen LogP contribution in [0.2, 0.25) is 0 Å². The van der Waals surface area contributed by atoms with Crippen molar-refractivity contribution in [1.29, 1.82) is 0 Å². The van der Waals surface area contributed by atoms with E-state index in [1.807, 2.05) is 32.3 Å². The maximum absolute atomic E-state index is 6.92. The van der Waals surface area contributed by atoms with E-state index in [4.69, 9.17) is 11.6 Å². The molecule has 0 aromatic heterocycles. The SMILES string of the molecule is CN(C)c1ccc(C(Cl)c2ccc(Nc3ccccc3)c3ccccc23)cc1.Cl. The Bertz CT molecular complexity index is 1080. The summed E-state index contributed by atoms with van der Waals surface area (Å²) in [7, 11) is 4.08. The van der Waals surface area contributed by atoms with E-state index in [0.717, 1.165) is 22.5 Å². The molecule has 0 saturated carbocycles. The second kappa shape index (κ2) is 9.21. The zero-order valence-corrected chi connectivity index (χ0v) is 18.0. The van der Waals surface area contributed by atoms with Crippen molar-refractivity contribution >= 4 is 51.8 Å². The van der Waals surface area contributed by atoms with Crippen molar-refractivity contribution in [2.45, 2.75) is 5.38 Å². The number of rotatable bonds is 5. The Morgan fingerprint density at radius 2 is 1.34 bits per heavy atom. The lowest BCUT2D eigenvalue weighted by molar-refractivity contribution is 1.11. The summed E-state index contributed by atoms with van der Waals surface area (Å²) < 4.78 is 0. The van der Waals surface area contributed by atoms with Crippen molar-refractivity contribution in [1.82, 2.24) is 0 Å². The third-order valence-electron chi connectivity index (χ3n) is 4.99. The fourth-order valence-corrected chi connectivity index (χ4v) is 3.79. The summed E-state index contributed by atoms with van der Waals surface area (Å²) in [6.45, 7) is 0. The van der Waals surface area contributed by atoms with Crippen LogP contribution in [-0.2, 0) is 0 Å². The van der Waals surface area contributed by atoms with Crippen molar-refractivity contribution in [3.05, 3.63) is 102 Å². The van der Waals surface area contributed by atoms with Gasteiger partial charge < -0.3 is 10.2 Å². The van der Waals surface area contributed by atoms with Crippen LogP contribution < -0.4 is 10.2 Å². The van der Waals surface area contributed by atoms with Gasteiger partial charge in [0.1, 0.15) is 0 Å². The molecule has 0 amide bonds. The molecule has 1 unspecified atom stereocenters. The van der Waals surface area contributed by atoms with Gasteiger partial charge >= 0.3 is 0 Å². The first-order chi connectivity index (χ1) is 13.6. The summed E-state index contributed by atoms with van der Waals surface area (Å²) in [5.41, 5.74) is 5.54. The molecule has 0 aliphatic rings. The number of nitrogens with one attached hydrogen (secondary N) is 1. The van der Waals surface area contributed by atoms with E-state index in [-0.39, 0.29) is 17.8 Å². The number of hydrogen-bond donors (Lipinski definition) is 1. The molecule has 0 spiro atoms. The fourth-order valence-electron chi connectivity index (χ4n) is 3.45. The quantitative estimate of drug-likeness (QED) is 0.337. The van der Waals surface area contributed by atoms with Gasteiger partial charge in [0.15, 0.2) is 0 Å². The van der Waals surface area contributed by atoms with Gasteiger partial charge in [0.2, 0.25) is 0 Å². The average molecular weight is 423 g/mol. The van der Waals surface area contributed by atoms with Crippen LogP contribution in [-0.4, -0.2) is 14.1 Å². The van der Waals surface area contributed by atoms with E-state index >= 15 is 0 Å². The Morgan fingerprint density at radius 3 is 2.00 bits per heavy atom. The van der Waals surface area contributed by atoms with E-state index in [1.165, 1.54) is 16.5 Å². The fraction of sp³-hybridized carbons (Fsp3) is 0.120. The van der Waals surface area contributed by atoms with E-state index in [0.29, 0.717) is 0 Å². The van der Waals surface area contributed by atoms with Crippen LogP contribution in [0.1, 0.15) is 16.5 Å². The lowest BCUT2D eigenvalue weighted by atomic mass is 9.96. The van der Waals surface area contributed by atoms with E-state index in [1.54, 1.807) is 0 Å². The van der Waals surface area contributed by atoms with Gasteiger partial charge in [0, 0.05) is 36.5 Å². The zero-order valence-electron chi connectivity index (χ0n) is 16.5. The molecular weight excluding hydrogens is 399 g/mol. The highest BCUT2D eigenvalue weighted by Crippen LogP contribution is 2.37. The molecule has 0 aliphatic carbocycles. The molecule has 0 heterocycles. The second-order valence-corrected chi connectivity index (χ2v) is 7.52. The third-order valence-corrected chi connectivity index (χ3v) is 5.47. The van der Waals surface area contributed by atoms with Gasteiger partial charge in [-0.05, 0) is 46.8 Å². The number of benzene rings is 4. The van der Waals surface area contributed by atoms with Crippen LogP contribution in [0.5, 0.6) is 0 Å². The molecule has 0 saturated heterocycles. The third kappa shape index (κ3) is 4.50. The predicted molar refractivity (Wildman–Crippen MR) is 129 cm³/mol. The number of anilines is 3. The molecule has 1 N–H and O–H groups in total. The van der Waals surface area contributed by atoms with E-state index < -0.39 is 0 Å². The molecule has 29 heavy (non-hydrogen) atoms. The van der Waals surface area contributed by atoms with Crippen LogP contribution in [0.3, 0.4) is 0 Å². The highest BCUT2D eigenvalue weighted by Gasteiger charge is 2.15. The van der Waals surface area contributed by atoms with Gasteiger partial charge in [0.25, 0.3) is 0 Å². The lowest BCUT2D eigenvalue weighted by Crippen LogP contribution is -2.08. The molecule has 4 aromatic carbocycles. The average Bonchev–Trinajstić information content (AvgIpc) is 2.74. The Labute approximate surface area is 183 Å². The molecule has 4 aromatic rings. The number of para-hydroxylation sites is 1. The van der Waals surface area contributed by atoms with Crippen LogP contribution in [0, 0.1) is 0 Å². The molecule has 0 aliphatic heterocycles. The Kier molecular flexibility index (Phi) is 6.68. The van der Waals surface area contributed by atoms with Crippen molar-refractivity contribution in [2.24, 2.45) is 0 Å². The minimum absolute atomic E-state index is 0. The summed E-state index contributed by atoms with van der Waals surface area (Å²) >= 11 is 6.92. The maximum atomic E-state index is 6.92. The Balaban J connectivity index is 0.00000240. The first-order valence-corrected chi connectivity index (χ1v) is 9.82. The molecule has 1 atom stereocenters. The van der Waals surface area contributed by atoms with E-state index in [9.17, 15) is 0 Å². The topological polar surface area (TPSA) is 15.3 Å². The van der Waals surface area contributed by atoms with Gasteiger partial charge in [0.05, 0.1) is 5.38 Å². The van der Waals surface area contributed by atoms with Gasteiger partial charge in [-0.25, -0.2) is 0 Å². The number of nitrogens with zero attached hydrogens (tertiary/aromatic N) is 1. The smallest absolute Gasteiger partial charge is 0.0841 e. The van der Waals surface area contributed by atoms with Gasteiger partial charge in [-0.1, -0.05) is 60.7 Å². The minimum atomic E-state index is -0.202. The van der Waals surface area contributed by atoms with Crippen molar-refractivity contribution in [2.75, 3.05) is 24.3 Å². The summed E-state index contributed by atoms with van der Waals surface area (Å²) in [6, 6.07) is 31.3. The second-order valence-electron chi connectivity index (χ2n) is 7.09. The minimum Gasteiger partial charge on any atom is -0.378 e. The van der Waals surface area contributed by atoms with Crippen molar-refractivity contribution in [3.8, 4) is 0 Å². The molecular formula is C25H24Cl2N2. The number of fused-ring (bicyclic) bond motifs is 1. The van der Waals surface area contributed by atoms with Crippen LogP contribution in [0.25, 0.3) is 10.8 Å². The first-order valence-electron chi connectivity index (χ1n) is 9.38. The monoisotopic (exact) mass is 422 g/mol. The highest BCUT2D eigenvalue weighted by molar-refractivity contribution is 6.24. The zero-order chi connectivity index (χ0) is 19.5.